The predicted molar refractivity (Wildman–Crippen MR) is 137 cm³/mol. The largest absolute Gasteiger partial charge is 0.323 e. The summed E-state index contributed by atoms with van der Waals surface area (Å²) in [6.45, 7) is 0.396. The average molecular weight is 495 g/mol. The van der Waals surface area contributed by atoms with Crippen LogP contribution < -0.4 is 10.2 Å². The first-order valence-corrected chi connectivity index (χ1v) is 14.2. The fraction of sp³-hybridized carbons (Fsp3) is 0.481. The molecule has 1 unspecified atom stereocenters. The minimum atomic E-state index is -3.61. The van der Waals surface area contributed by atoms with Crippen molar-refractivity contribution in [1.82, 2.24) is 9.62 Å². The molecule has 0 aromatic heterocycles. The third-order valence-corrected chi connectivity index (χ3v) is 8.80. The van der Waals surface area contributed by atoms with Crippen molar-refractivity contribution in [1.29, 1.82) is 5.26 Å². The number of carbonyl (C=O) groups is 1. The fourth-order valence-electron chi connectivity index (χ4n) is 5.20. The highest BCUT2D eigenvalue weighted by atomic mass is 32.2. The zero-order valence-corrected chi connectivity index (χ0v) is 20.9. The van der Waals surface area contributed by atoms with Gasteiger partial charge < -0.3 is 5.32 Å². The molecule has 1 saturated carbocycles. The predicted octanol–water partition coefficient (Wildman–Crippen LogP) is 5.14. The van der Waals surface area contributed by atoms with Crippen LogP contribution in [0, 0.1) is 11.3 Å². The highest BCUT2D eigenvalue weighted by Gasteiger charge is 2.35. The molecule has 2 fully saturated rings. The van der Waals surface area contributed by atoms with Crippen molar-refractivity contribution in [2.24, 2.45) is 0 Å². The quantitative estimate of drug-likeness (QED) is 0.563. The van der Waals surface area contributed by atoms with Crippen LogP contribution in [0.2, 0.25) is 0 Å². The van der Waals surface area contributed by atoms with Gasteiger partial charge in [-0.15, -0.1) is 0 Å². The van der Waals surface area contributed by atoms with Gasteiger partial charge in [0.25, 0.3) is 0 Å². The first kappa shape index (κ1) is 25.2. The number of piperidine rings is 1. The van der Waals surface area contributed by atoms with Gasteiger partial charge in [-0.1, -0.05) is 62.1 Å². The zero-order valence-electron chi connectivity index (χ0n) is 20.1. The summed E-state index contributed by atoms with van der Waals surface area (Å²) >= 11 is 0. The van der Waals surface area contributed by atoms with E-state index in [1.807, 2.05) is 36.4 Å². The Kier molecular flexibility index (Phi) is 8.42. The molecular formula is C27H34N4O3S. The second kappa shape index (κ2) is 11.7. The van der Waals surface area contributed by atoms with Crippen molar-refractivity contribution in [3.63, 3.8) is 0 Å². The Labute approximate surface area is 208 Å². The molecule has 1 aliphatic heterocycles. The van der Waals surface area contributed by atoms with Gasteiger partial charge >= 0.3 is 6.03 Å². The topological polar surface area (TPSA) is 93.5 Å². The van der Waals surface area contributed by atoms with Crippen LogP contribution in [-0.2, 0) is 15.8 Å². The van der Waals surface area contributed by atoms with Gasteiger partial charge in [0.2, 0.25) is 10.0 Å². The number of carbonyl (C=O) groups excluding carboxylic acids is 1. The van der Waals surface area contributed by atoms with E-state index in [9.17, 15) is 18.5 Å². The smallest absolute Gasteiger partial charge is 0.321 e. The summed E-state index contributed by atoms with van der Waals surface area (Å²) in [7, 11) is -3.61. The van der Waals surface area contributed by atoms with Gasteiger partial charge in [-0.25, -0.2) is 13.2 Å². The Morgan fingerprint density at radius 2 is 1.69 bits per heavy atom. The molecule has 0 spiro atoms. The normalized spacial score (nSPS) is 19.9. The number of amides is 2. The number of hydrogen-bond donors (Lipinski definition) is 1. The molecule has 0 radical (unpaired) electrons. The highest BCUT2D eigenvalue weighted by Crippen LogP contribution is 2.29. The molecular weight excluding hydrogens is 460 g/mol. The maximum absolute atomic E-state index is 13.8. The second-order valence-corrected chi connectivity index (χ2v) is 11.4. The van der Waals surface area contributed by atoms with E-state index in [0.717, 1.165) is 56.9 Å². The molecule has 1 N–H and O–H groups in total. The van der Waals surface area contributed by atoms with E-state index >= 15 is 0 Å². The summed E-state index contributed by atoms with van der Waals surface area (Å²) in [5.74, 6) is -0.0865. The molecule has 1 aliphatic carbocycles. The summed E-state index contributed by atoms with van der Waals surface area (Å²) in [4.78, 5) is 15.5. The van der Waals surface area contributed by atoms with Crippen molar-refractivity contribution in [2.75, 3.05) is 11.4 Å². The SMILES string of the molecule is N#Cc1cccc(N(C(=O)NC2CCCCN2S(=O)(=O)Cc2ccccc2)C2CCCCCC2)c1. The van der Waals surface area contributed by atoms with Crippen LogP contribution in [0.15, 0.2) is 54.6 Å². The van der Waals surface area contributed by atoms with E-state index in [1.165, 1.54) is 4.31 Å². The van der Waals surface area contributed by atoms with Crippen LogP contribution in [0.25, 0.3) is 0 Å². The third-order valence-electron chi connectivity index (χ3n) is 6.96. The van der Waals surface area contributed by atoms with E-state index in [1.54, 1.807) is 23.1 Å². The number of rotatable bonds is 6. The molecule has 7 nitrogen and oxygen atoms in total. The number of nitrogens with one attached hydrogen (secondary N) is 1. The third kappa shape index (κ3) is 6.41. The number of urea groups is 1. The van der Waals surface area contributed by atoms with Gasteiger partial charge in [0.15, 0.2) is 0 Å². The van der Waals surface area contributed by atoms with Crippen molar-refractivity contribution >= 4 is 21.7 Å². The van der Waals surface area contributed by atoms with E-state index < -0.39 is 16.2 Å². The van der Waals surface area contributed by atoms with Gasteiger partial charge in [0.1, 0.15) is 0 Å². The first-order valence-electron chi connectivity index (χ1n) is 12.6. The monoisotopic (exact) mass is 494 g/mol. The highest BCUT2D eigenvalue weighted by molar-refractivity contribution is 7.88. The van der Waals surface area contributed by atoms with Crippen molar-refractivity contribution in [3.8, 4) is 6.07 Å². The molecule has 4 rings (SSSR count). The Hall–Kier alpha value is -2.89. The Morgan fingerprint density at radius 1 is 0.971 bits per heavy atom. The summed E-state index contributed by atoms with van der Waals surface area (Å²) in [6.07, 6.45) is 7.81. The number of benzene rings is 2. The van der Waals surface area contributed by atoms with Crippen LogP contribution in [-0.4, -0.2) is 37.5 Å². The molecule has 2 amide bonds. The molecule has 0 bridgehead atoms. The Morgan fingerprint density at radius 3 is 2.40 bits per heavy atom. The van der Waals surface area contributed by atoms with Crippen LogP contribution in [0.4, 0.5) is 10.5 Å². The molecule has 8 heteroatoms. The van der Waals surface area contributed by atoms with E-state index in [4.69, 9.17) is 0 Å². The van der Waals surface area contributed by atoms with E-state index in [-0.39, 0.29) is 17.8 Å². The van der Waals surface area contributed by atoms with Gasteiger partial charge in [0.05, 0.1) is 23.6 Å². The fourth-order valence-corrected chi connectivity index (χ4v) is 6.93. The van der Waals surface area contributed by atoms with Gasteiger partial charge in [-0.05, 0) is 55.9 Å². The van der Waals surface area contributed by atoms with Crippen LogP contribution >= 0.6 is 0 Å². The molecule has 1 saturated heterocycles. The van der Waals surface area contributed by atoms with Crippen LogP contribution in [0.3, 0.4) is 0 Å². The molecule has 2 aromatic carbocycles. The second-order valence-electron chi connectivity index (χ2n) is 9.49. The standard InChI is InChI=1S/C27H34N4O3S/c28-20-23-13-10-16-25(19-23)31(24-14-6-1-2-7-15-24)27(32)29-26-17-8-9-18-30(26)35(33,34)21-22-11-4-3-5-12-22/h3-5,10-13,16,19,24,26H,1-2,6-9,14-15,17-18,21H2,(H,29,32). The van der Waals surface area contributed by atoms with E-state index in [2.05, 4.69) is 11.4 Å². The number of sulfonamides is 1. The summed E-state index contributed by atoms with van der Waals surface area (Å²) in [5, 5.41) is 12.5. The molecule has 2 aliphatic rings. The Balaban J connectivity index is 1.58. The van der Waals surface area contributed by atoms with Gasteiger partial charge in [-0.2, -0.15) is 9.57 Å². The van der Waals surface area contributed by atoms with Crippen molar-refractivity contribution in [3.05, 3.63) is 65.7 Å². The lowest BCUT2D eigenvalue weighted by Gasteiger charge is -2.38. The number of anilines is 1. The Bertz CT molecular complexity index is 1140. The lowest BCUT2D eigenvalue weighted by molar-refractivity contribution is 0.199. The number of hydrogen-bond acceptors (Lipinski definition) is 4. The van der Waals surface area contributed by atoms with Gasteiger partial charge in [0, 0.05) is 18.3 Å². The van der Waals surface area contributed by atoms with Crippen LogP contribution in [0.1, 0.15) is 68.9 Å². The van der Waals surface area contributed by atoms with Crippen molar-refractivity contribution in [2.45, 2.75) is 75.7 Å². The summed E-state index contributed by atoms with van der Waals surface area (Å²) in [6, 6.07) is 18.2. The van der Waals surface area contributed by atoms with Gasteiger partial charge in [-0.3, -0.25) is 4.90 Å². The van der Waals surface area contributed by atoms with Crippen molar-refractivity contribution < 1.29 is 13.2 Å². The minimum absolute atomic E-state index is 0.0180. The molecule has 1 atom stereocenters. The first-order chi connectivity index (χ1) is 17.0. The maximum Gasteiger partial charge on any atom is 0.323 e. The molecule has 186 valence electrons. The average Bonchev–Trinajstić information content (AvgIpc) is 3.14. The van der Waals surface area contributed by atoms with Crippen LogP contribution in [0.5, 0.6) is 0 Å². The molecule has 35 heavy (non-hydrogen) atoms. The number of nitriles is 1. The lowest BCUT2D eigenvalue weighted by atomic mass is 10.1. The summed E-state index contributed by atoms with van der Waals surface area (Å²) < 4.78 is 28.2. The maximum atomic E-state index is 13.8. The molecule has 1 heterocycles. The van der Waals surface area contributed by atoms with E-state index in [0.29, 0.717) is 24.2 Å². The lowest BCUT2D eigenvalue weighted by Crippen LogP contribution is -2.57. The number of nitrogens with zero attached hydrogens (tertiary/aromatic N) is 3. The minimum Gasteiger partial charge on any atom is -0.321 e. The zero-order chi connectivity index (χ0) is 24.7. The summed E-state index contributed by atoms with van der Waals surface area (Å²) in [5.41, 5.74) is 1.91. The molecule has 2 aromatic rings.